The molecule has 0 radical (unpaired) electrons. The van der Waals surface area contributed by atoms with Crippen LogP contribution in [0.25, 0.3) is 11.1 Å². The molecule has 1 atom stereocenters. The number of rotatable bonds is 7. The maximum absolute atomic E-state index is 12.5. The van der Waals surface area contributed by atoms with Crippen molar-refractivity contribution < 1.29 is 9.53 Å². The number of nitrogens with one attached hydrogen (secondary N) is 1. The highest BCUT2D eigenvalue weighted by Gasteiger charge is 2.20. The largest absolute Gasteiger partial charge is 0.369 e. The average Bonchev–Trinajstić information content (AvgIpc) is 2.81. The van der Waals surface area contributed by atoms with E-state index in [9.17, 15) is 4.79 Å². The summed E-state index contributed by atoms with van der Waals surface area (Å²) in [7, 11) is 1.83. The molecule has 1 aromatic carbocycles. The van der Waals surface area contributed by atoms with E-state index < -0.39 is 6.10 Å². The Morgan fingerprint density at radius 2 is 1.92 bits per heavy atom. The van der Waals surface area contributed by atoms with Gasteiger partial charge in [-0.15, -0.1) is 0 Å². The number of benzene rings is 1. The van der Waals surface area contributed by atoms with Crippen molar-refractivity contribution in [3.63, 3.8) is 0 Å². The molecule has 1 aromatic heterocycles. The molecule has 6 heteroatoms. The molecule has 1 unspecified atom stereocenters. The summed E-state index contributed by atoms with van der Waals surface area (Å²) < 4.78 is 8.36. The summed E-state index contributed by atoms with van der Waals surface area (Å²) in [6, 6.07) is 7.97. The van der Waals surface area contributed by atoms with Gasteiger partial charge in [-0.3, -0.25) is 9.48 Å². The third-order valence-corrected chi connectivity index (χ3v) is 4.56. The Morgan fingerprint density at radius 3 is 2.52 bits per heavy atom. The summed E-state index contributed by atoms with van der Waals surface area (Å²) in [5.74, 6) is 1.08. The summed E-state index contributed by atoms with van der Waals surface area (Å²) in [6.07, 6.45) is 0.429. The van der Waals surface area contributed by atoms with Crippen LogP contribution in [0.4, 0.5) is 5.82 Å². The smallest absolute Gasteiger partial charge is 0.254 e. The topological polar surface area (TPSA) is 56.2 Å². The second-order valence-electron chi connectivity index (χ2n) is 6.62. The monoisotopic (exact) mass is 407 g/mol. The number of carbonyl (C=O) groups excluding carboxylic acids is 1. The van der Waals surface area contributed by atoms with Gasteiger partial charge < -0.3 is 10.1 Å². The van der Waals surface area contributed by atoms with Crippen LogP contribution in [-0.4, -0.2) is 28.4 Å². The molecule has 2 rings (SSSR count). The van der Waals surface area contributed by atoms with Crippen molar-refractivity contribution in [2.75, 3.05) is 11.9 Å². The molecule has 0 fully saturated rings. The Bertz CT molecular complexity index is 723. The molecule has 136 valence electrons. The first kappa shape index (κ1) is 19.7. The number of halogens is 1. The number of anilines is 1. The van der Waals surface area contributed by atoms with Crippen molar-refractivity contribution >= 4 is 27.7 Å². The zero-order valence-electron chi connectivity index (χ0n) is 15.5. The summed E-state index contributed by atoms with van der Waals surface area (Å²) in [6.45, 7) is 8.57. The average molecular weight is 408 g/mol. The van der Waals surface area contributed by atoms with Gasteiger partial charge in [0.25, 0.3) is 5.91 Å². The lowest BCUT2D eigenvalue weighted by atomic mass is 10.1. The van der Waals surface area contributed by atoms with Gasteiger partial charge in [-0.2, -0.15) is 5.10 Å². The molecule has 0 spiro atoms. The van der Waals surface area contributed by atoms with Gasteiger partial charge in [-0.25, -0.2) is 0 Å². The van der Waals surface area contributed by atoms with Crippen LogP contribution < -0.4 is 5.32 Å². The Balaban J connectivity index is 2.16. The van der Waals surface area contributed by atoms with Crippen LogP contribution in [0.15, 0.2) is 28.7 Å². The highest BCUT2D eigenvalue weighted by Crippen LogP contribution is 2.32. The minimum atomic E-state index is -0.508. The van der Waals surface area contributed by atoms with E-state index in [2.05, 4.69) is 40.2 Å². The lowest BCUT2D eigenvalue weighted by molar-refractivity contribution is -0.126. The van der Waals surface area contributed by atoms with Crippen LogP contribution in [0.3, 0.4) is 0 Å². The zero-order valence-corrected chi connectivity index (χ0v) is 17.1. The number of aryl methyl sites for hydroxylation is 2. The number of nitrogens with zero attached hydrogens (tertiary/aromatic N) is 2. The number of amides is 1. The standard InChI is InChI=1S/C19H26BrN3O2/c1-12(2)10-11-25-14(4)19(24)21-18-17(13(3)22-23(18)5)15-6-8-16(20)9-7-15/h6-9,12,14H,10-11H2,1-5H3,(H,21,24). The number of aromatic nitrogens is 2. The van der Waals surface area contributed by atoms with Crippen LogP contribution in [0.5, 0.6) is 0 Å². The predicted octanol–water partition coefficient (Wildman–Crippen LogP) is 4.55. The van der Waals surface area contributed by atoms with Crippen molar-refractivity contribution in [2.24, 2.45) is 13.0 Å². The Labute approximate surface area is 157 Å². The highest BCUT2D eigenvalue weighted by atomic mass is 79.9. The highest BCUT2D eigenvalue weighted by molar-refractivity contribution is 9.10. The van der Waals surface area contributed by atoms with Crippen LogP contribution in [0.2, 0.25) is 0 Å². The molecular weight excluding hydrogens is 382 g/mol. The summed E-state index contributed by atoms with van der Waals surface area (Å²) >= 11 is 3.45. The molecule has 0 aliphatic heterocycles. The first-order valence-electron chi connectivity index (χ1n) is 8.51. The fourth-order valence-corrected chi connectivity index (χ4v) is 2.80. The minimum absolute atomic E-state index is 0.162. The van der Waals surface area contributed by atoms with E-state index in [0.29, 0.717) is 18.3 Å². The van der Waals surface area contributed by atoms with Gasteiger partial charge in [0.2, 0.25) is 0 Å². The van der Waals surface area contributed by atoms with Crippen LogP contribution >= 0.6 is 15.9 Å². The van der Waals surface area contributed by atoms with Gasteiger partial charge in [-0.1, -0.05) is 41.9 Å². The van der Waals surface area contributed by atoms with E-state index in [1.165, 1.54) is 0 Å². The molecule has 1 amide bonds. The number of carbonyl (C=O) groups is 1. The van der Waals surface area contributed by atoms with Crippen LogP contribution in [0, 0.1) is 12.8 Å². The molecule has 0 saturated carbocycles. The van der Waals surface area contributed by atoms with Crippen molar-refractivity contribution in [2.45, 2.75) is 40.2 Å². The van der Waals surface area contributed by atoms with Gasteiger partial charge in [0.1, 0.15) is 11.9 Å². The third kappa shape index (κ3) is 5.16. The molecule has 1 heterocycles. The van der Waals surface area contributed by atoms with Gasteiger partial charge >= 0.3 is 0 Å². The van der Waals surface area contributed by atoms with E-state index in [4.69, 9.17) is 4.74 Å². The predicted molar refractivity (Wildman–Crippen MR) is 105 cm³/mol. The molecule has 25 heavy (non-hydrogen) atoms. The maximum atomic E-state index is 12.5. The number of hydrogen-bond acceptors (Lipinski definition) is 3. The summed E-state index contributed by atoms with van der Waals surface area (Å²) in [5, 5.41) is 7.43. The van der Waals surface area contributed by atoms with Gasteiger partial charge in [0.15, 0.2) is 0 Å². The Kier molecular flexibility index (Phi) is 6.79. The third-order valence-electron chi connectivity index (χ3n) is 4.03. The van der Waals surface area contributed by atoms with E-state index in [1.54, 1.807) is 11.6 Å². The SMILES string of the molecule is Cc1nn(C)c(NC(=O)C(C)OCCC(C)C)c1-c1ccc(Br)cc1. The van der Waals surface area contributed by atoms with Gasteiger partial charge in [0.05, 0.1) is 5.69 Å². The molecule has 0 aliphatic rings. The quantitative estimate of drug-likeness (QED) is 0.732. The van der Waals surface area contributed by atoms with E-state index in [1.807, 2.05) is 38.2 Å². The van der Waals surface area contributed by atoms with Crippen molar-refractivity contribution in [3.8, 4) is 11.1 Å². The van der Waals surface area contributed by atoms with E-state index in [0.717, 1.165) is 27.7 Å². The first-order valence-corrected chi connectivity index (χ1v) is 9.31. The number of hydrogen-bond donors (Lipinski definition) is 1. The second kappa shape index (κ2) is 8.63. The van der Waals surface area contributed by atoms with E-state index >= 15 is 0 Å². The molecule has 0 saturated heterocycles. The van der Waals surface area contributed by atoms with Crippen molar-refractivity contribution in [3.05, 3.63) is 34.4 Å². The van der Waals surface area contributed by atoms with Gasteiger partial charge in [-0.05, 0) is 43.9 Å². The lowest BCUT2D eigenvalue weighted by Gasteiger charge is -2.15. The maximum Gasteiger partial charge on any atom is 0.254 e. The summed E-state index contributed by atoms with van der Waals surface area (Å²) in [4.78, 5) is 12.5. The Hall–Kier alpha value is -1.66. The zero-order chi connectivity index (χ0) is 18.6. The molecule has 5 nitrogen and oxygen atoms in total. The first-order chi connectivity index (χ1) is 11.8. The molecule has 0 aliphatic carbocycles. The molecule has 2 aromatic rings. The fourth-order valence-electron chi connectivity index (χ4n) is 2.54. The normalized spacial score (nSPS) is 12.4. The van der Waals surface area contributed by atoms with Gasteiger partial charge in [0, 0.05) is 23.7 Å². The molecule has 0 bridgehead atoms. The lowest BCUT2D eigenvalue weighted by Crippen LogP contribution is -2.29. The van der Waals surface area contributed by atoms with Crippen molar-refractivity contribution in [1.82, 2.24) is 9.78 Å². The Morgan fingerprint density at radius 1 is 1.28 bits per heavy atom. The molecular formula is C19H26BrN3O2. The van der Waals surface area contributed by atoms with E-state index in [-0.39, 0.29) is 5.91 Å². The van der Waals surface area contributed by atoms with Crippen molar-refractivity contribution in [1.29, 1.82) is 0 Å². The molecule has 1 N–H and O–H groups in total. The number of ether oxygens (including phenoxy) is 1. The fraction of sp³-hybridized carbons (Fsp3) is 0.474. The summed E-state index contributed by atoms with van der Waals surface area (Å²) in [5.41, 5.74) is 2.81. The second-order valence-corrected chi connectivity index (χ2v) is 7.54. The minimum Gasteiger partial charge on any atom is -0.369 e. The van der Waals surface area contributed by atoms with Crippen LogP contribution in [-0.2, 0) is 16.6 Å². The van der Waals surface area contributed by atoms with Crippen LogP contribution in [0.1, 0.15) is 32.9 Å².